The van der Waals surface area contributed by atoms with Crippen LogP contribution in [0.3, 0.4) is 0 Å². The Balaban J connectivity index is 2.49. The first kappa shape index (κ1) is 7.73. The summed E-state index contributed by atoms with van der Waals surface area (Å²) in [5, 5.41) is 0. The molecule has 0 aliphatic heterocycles. The molecule has 1 rings (SSSR count). The molecule has 0 spiro atoms. The third kappa shape index (κ3) is 1.81. The van der Waals surface area contributed by atoms with Gasteiger partial charge in [-0.25, -0.2) is 4.37 Å². The first-order valence-corrected chi connectivity index (χ1v) is 4.52. The number of hydrogen-bond donors (Lipinski definition) is 0. The predicted molar refractivity (Wildman–Crippen MR) is 45.5 cm³/mol. The van der Waals surface area contributed by atoms with Crippen molar-refractivity contribution in [1.82, 2.24) is 4.37 Å². The van der Waals surface area contributed by atoms with E-state index in [1.165, 1.54) is 29.7 Å². The van der Waals surface area contributed by atoms with E-state index in [1.54, 1.807) is 11.5 Å². The maximum Gasteiger partial charge on any atom is 0.0441 e. The highest BCUT2D eigenvalue weighted by Crippen LogP contribution is 2.13. The summed E-state index contributed by atoms with van der Waals surface area (Å²) in [5.74, 6) is 0. The van der Waals surface area contributed by atoms with E-state index in [2.05, 4.69) is 18.2 Å². The van der Waals surface area contributed by atoms with Gasteiger partial charge < -0.3 is 0 Å². The molecule has 0 saturated carbocycles. The van der Waals surface area contributed by atoms with E-state index in [1.807, 2.05) is 6.20 Å². The van der Waals surface area contributed by atoms with E-state index in [0.717, 1.165) is 0 Å². The Morgan fingerprint density at radius 1 is 1.60 bits per heavy atom. The second-order valence-electron chi connectivity index (χ2n) is 2.51. The quantitative estimate of drug-likeness (QED) is 0.654. The SMILES string of the molecule is CCCCc1cnsc1C. The summed E-state index contributed by atoms with van der Waals surface area (Å²) in [7, 11) is 0. The van der Waals surface area contributed by atoms with Crippen LogP contribution in [-0.2, 0) is 6.42 Å². The number of nitrogens with zero attached hydrogens (tertiary/aromatic N) is 1. The maximum atomic E-state index is 4.12. The van der Waals surface area contributed by atoms with Gasteiger partial charge in [-0.15, -0.1) is 0 Å². The molecule has 0 saturated heterocycles. The number of unbranched alkanes of at least 4 members (excludes halogenated alkanes) is 1. The van der Waals surface area contributed by atoms with Crippen molar-refractivity contribution in [3.05, 3.63) is 16.6 Å². The van der Waals surface area contributed by atoms with Gasteiger partial charge in [0.2, 0.25) is 0 Å². The van der Waals surface area contributed by atoms with Gasteiger partial charge in [0, 0.05) is 11.1 Å². The fourth-order valence-corrected chi connectivity index (χ4v) is 1.54. The minimum Gasteiger partial charge on any atom is -0.201 e. The zero-order valence-corrected chi connectivity index (χ0v) is 7.37. The fourth-order valence-electron chi connectivity index (χ4n) is 0.926. The summed E-state index contributed by atoms with van der Waals surface area (Å²) in [4.78, 5) is 1.38. The van der Waals surface area contributed by atoms with Crippen LogP contribution in [0.15, 0.2) is 6.20 Å². The lowest BCUT2D eigenvalue weighted by Gasteiger charge is -1.93. The molecule has 0 unspecified atom stereocenters. The molecule has 0 aliphatic carbocycles. The van der Waals surface area contributed by atoms with Gasteiger partial charge in [0.05, 0.1) is 0 Å². The highest BCUT2D eigenvalue weighted by Gasteiger charge is 1.98. The summed E-state index contributed by atoms with van der Waals surface area (Å²) in [6.07, 6.45) is 5.77. The van der Waals surface area contributed by atoms with Crippen LogP contribution in [0.1, 0.15) is 30.2 Å². The van der Waals surface area contributed by atoms with Crippen molar-refractivity contribution in [3.63, 3.8) is 0 Å². The van der Waals surface area contributed by atoms with E-state index in [0.29, 0.717) is 0 Å². The standard InChI is InChI=1S/C8H13NS/c1-3-4-5-8-6-9-10-7(8)2/h6H,3-5H2,1-2H3. The van der Waals surface area contributed by atoms with Gasteiger partial charge in [-0.05, 0) is 36.9 Å². The smallest absolute Gasteiger partial charge is 0.0441 e. The third-order valence-corrected chi connectivity index (χ3v) is 2.40. The number of aromatic nitrogens is 1. The van der Waals surface area contributed by atoms with Crippen LogP contribution in [-0.4, -0.2) is 4.37 Å². The molecule has 0 bridgehead atoms. The van der Waals surface area contributed by atoms with Crippen molar-refractivity contribution in [2.24, 2.45) is 0 Å². The van der Waals surface area contributed by atoms with Crippen molar-refractivity contribution in [3.8, 4) is 0 Å². The second-order valence-corrected chi connectivity index (χ2v) is 3.52. The van der Waals surface area contributed by atoms with Gasteiger partial charge >= 0.3 is 0 Å². The molecule has 1 nitrogen and oxygen atoms in total. The predicted octanol–water partition coefficient (Wildman–Crippen LogP) is 2.79. The Morgan fingerprint density at radius 3 is 2.90 bits per heavy atom. The zero-order chi connectivity index (χ0) is 7.40. The summed E-state index contributed by atoms with van der Waals surface area (Å²) in [6, 6.07) is 0. The van der Waals surface area contributed by atoms with Gasteiger partial charge in [-0.2, -0.15) is 0 Å². The number of hydrogen-bond acceptors (Lipinski definition) is 2. The van der Waals surface area contributed by atoms with Crippen molar-refractivity contribution in [2.75, 3.05) is 0 Å². The Morgan fingerprint density at radius 2 is 2.40 bits per heavy atom. The molecule has 0 N–H and O–H groups in total. The van der Waals surface area contributed by atoms with Crippen molar-refractivity contribution in [1.29, 1.82) is 0 Å². The first-order chi connectivity index (χ1) is 4.84. The Bertz CT molecular complexity index is 193. The summed E-state index contributed by atoms with van der Waals surface area (Å²) in [5.41, 5.74) is 1.44. The highest BCUT2D eigenvalue weighted by atomic mass is 32.1. The molecule has 0 fully saturated rings. The molecular weight excluding hydrogens is 142 g/mol. The third-order valence-electron chi connectivity index (χ3n) is 1.65. The average Bonchev–Trinajstić information content (AvgIpc) is 2.31. The molecule has 0 atom stereocenters. The van der Waals surface area contributed by atoms with Crippen molar-refractivity contribution in [2.45, 2.75) is 33.1 Å². The van der Waals surface area contributed by atoms with Crippen LogP contribution in [0.2, 0.25) is 0 Å². The lowest BCUT2D eigenvalue weighted by atomic mass is 10.1. The van der Waals surface area contributed by atoms with Gasteiger partial charge in [0.15, 0.2) is 0 Å². The minimum atomic E-state index is 1.21. The molecule has 0 amide bonds. The van der Waals surface area contributed by atoms with Crippen LogP contribution in [0.4, 0.5) is 0 Å². The Kier molecular flexibility index (Phi) is 2.87. The summed E-state index contributed by atoms with van der Waals surface area (Å²) in [6.45, 7) is 4.36. The van der Waals surface area contributed by atoms with E-state index in [-0.39, 0.29) is 0 Å². The largest absolute Gasteiger partial charge is 0.201 e. The van der Waals surface area contributed by atoms with E-state index in [4.69, 9.17) is 0 Å². The van der Waals surface area contributed by atoms with Crippen molar-refractivity contribution >= 4 is 11.5 Å². The minimum absolute atomic E-state index is 1.21. The summed E-state index contributed by atoms with van der Waals surface area (Å²) < 4.78 is 4.12. The monoisotopic (exact) mass is 155 g/mol. The van der Waals surface area contributed by atoms with Gasteiger partial charge in [-0.1, -0.05) is 13.3 Å². The van der Waals surface area contributed by atoms with Gasteiger partial charge in [-0.3, -0.25) is 0 Å². The molecule has 10 heavy (non-hydrogen) atoms. The molecular formula is C8H13NS. The lowest BCUT2D eigenvalue weighted by Crippen LogP contribution is -1.82. The van der Waals surface area contributed by atoms with Crippen LogP contribution in [0, 0.1) is 6.92 Å². The fraction of sp³-hybridized carbons (Fsp3) is 0.625. The molecule has 2 heteroatoms. The average molecular weight is 155 g/mol. The normalized spacial score (nSPS) is 10.2. The number of aryl methyl sites for hydroxylation is 2. The Hall–Kier alpha value is -0.370. The van der Waals surface area contributed by atoms with Crippen LogP contribution < -0.4 is 0 Å². The molecule has 1 aromatic rings. The second kappa shape index (κ2) is 3.71. The maximum absolute atomic E-state index is 4.12. The zero-order valence-electron chi connectivity index (χ0n) is 6.55. The highest BCUT2D eigenvalue weighted by molar-refractivity contribution is 7.05. The molecule has 0 aromatic carbocycles. The Labute approximate surface area is 66.3 Å². The van der Waals surface area contributed by atoms with Crippen LogP contribution in [0.25, 0.3) is 0 Å². The van der Waals surface area contributed by atoms with E-state index in [9.17, 15) is 0 Å². The van der Waals surface area contributed by atoms with Gasteiger partial charge in [0.1, 0.15) is 0 Å². The van der Waals surface area contributed by atoms with Crippen LogP contribution in [0.5, 0.6) is 0 Å². The van der Waals surface area contributed by atoms with E-state index >= 15 is 0 Å². The van der Waals surface area contributed by atoms with Gasteiger partial charge in [0.25, 0.3) is 0 Å². The molecule has 0 aliphatic rings. The lowest BCUT2D eigenvalue weighted by molar-refractivity contribution is 0.793. The topological polar surface area (TPSA) is 12.9 Å². The molecule has 1 aromatic heterocycles. The van der Waals surface area contributed by atoms with Crippen LogP contribution >= 0.6 is 11.5 Å². The number of rotatable bonds is 3. The molecule has 1 heterocycles. The molecule has 56 valence electrons. The molecule has 0 radical (unpaired) electrons. The first-order valence-electron chi connectivity index (χ1n) is 3.74. The van der Waals surface area contributed by atoms with E-state index < -0.39 is 0 Å². The summed E-state index contributed by atoms with van der Waals surface area (Å²) >= 11 is 1.60. The van der Waals surface area contributed by atoms with Crippen molar-refractivity contribution < 1.29 is 0 Å².